The van der Waals surface area contributed by atoms with Crippen molar-refractivity contribution in [3.05, 3.63) is 44.8 Å². The molecule has 0 bridgehead atoms. The van der Waals surface area contributed by atoms with Crippen LogP contribution in [0.2, 0.25) is 0 Å². The summed E-state index contributed by atoms with van der Waals surface area (Å²) in [4.78, 5) is 43.6. The first kappa shape index (κ1) is 16.4. The molecule has 1 unspecified atom stereocenters. The second kappa shape index (κ2) is 6.70. The number of imide groups is 2. The van der Waals surface area contributed by atoms with E-state index in [0.717, 1.165) is 34.1 Å². The maximum Gasteiger partial charge on any atom is 0.335 e. The van der Waals surface area contributed by atoms with Crippen LogP contribution in [0.4, 0.5) is 4.79 Å². The van der Waals surface area contributed by atoms with E-state index in [4.69, 9.17) is 0 Å². The highest BCUT2D eigenvalue weighted by Crippen LogP contribution is 2.35. The maximum absolute atomic E-state index is 12.6. The van der Waals surface area contributed by atoms with Gasteiger partial charge in [-0.2, -0.15) is 0 Å². The molecule has 2 aliphatic heterocycles. The van der Waals surface area contributed by atoms with E-state index in [2.05, 4.69) is 11.0 Å². The number of carbonyl (C=O) groups is 3. The highest BCUT2D eigenvalue weighted by atomic mass is 32.1. The van der Waals surface area contributed by atoms with E-state index < -0.39 is 17.8 Å². The summed E-state index contributed by atoms with van der Waals surface area (Å²) in [6.07, 6.45) is 2.02. The summed E-state index contributed by atoms with van der Waals surface area (Å²) in [6.45, 7) is 1.15. The monoisotopic (exact) mass is 375 g/mol. The van der Waals surface area contributed by atoms with E-state index in [0.29, 0.717) is 0 Å². The first-order chi connectivity index (χ1) is 12.1. The molecule has 0 saturated carbocycles. The van der Waals surface area contributed by atoms with E-state index in [1.165, 1.54) is 16.2 Å². The van der Waals surface area contributed by atoms with Gasteiger partial charge in [0.25, 0.3) is 0 Å². The van der Waals surface area contributed by atoms with E-state index in [9.17, 15) is 14.4 Å². The van der Waals surface area contributed by atoms with Crippen molar-refractivity contribution in [2.45, 2.75) is 25.4 Å². The molecule has 2 aliphatic rings. The zero-order valence-electron chi connectivity index (χ0n) is 13.5. The van der Waals surface area contributed by atoms with Crippen molar-refractivity contribution < 1.29 is 14.4 Å². The van der Waals surface area contributed by atoms with Crippen molar-refractivity contribution in [1.82, 2.24) is 14.7 Å². The molecule has 8 heteroatoms. The number of carbonyl (C=O) groups excluding carboxylic acids is 3. The van der Waals surface area contributed by atoms with Crippen LogP contribution in [0.15, 0.2) is 35.0 Å². The van der Waals surface area contributed by atoms with Gasteiger partial charge in [-0.3, -0.25) is 19.4 Å². The van der Waals surface area contributed by atoms with Crippen LogP contribution in [0.25, 0.3) is 0 Å². The second-order valence-electron chi connectivity index (χ2n) is 6.11. The van der Waals surface area contributed by atoms with Crippen LogP contribution in [0.3, 0.4) is 0 Å². The predicted octanol–water partition coefficient (Wildman–Crippen LogP) is 2.90. The predicted molar refractivity (Wildman–Crippen MR) is 95.0 cm³/mol. The molecule has 4 heterocycles. The minimum Gasteiger partial charge on any atom is -0.278 e. The van der Waals surface area contributed by atoms with Gasteiger partial charge < -0.3 is 0 Å². The van der Waals surface area contributed by atoms with Gasteiger partial charge >= 0.3 is 17.8 Å². The zero-order chi connectivity index (χ0) is 17.4. The summed E-state index contributed by atoms with van der Waals surface area (Å²) in [7, 11) is 0. The molecule has 0 radical (unpaired) electrons. The minimum absolute atomic E-state index is 0.159. The van der Waals surface area contributed by atoms with Gasteiger partial charge in [0, 0.05) is 22.3 Å². The topological polar surface area (TPSA) is 60.9 Å². The third kappa shape index (κ3) is 3.01. The van der Waals surface area contributed by atoms with E-state index in [1.54, 1.807) is 11.3 Å². The Morgan fingerprint density at radius 2 is 1.76 bits per heavy atom. The molecule has 4 amide bonds. The molecular formula is C17H17N3O3S2. The Hall–Kier alpha value is -2.03. The minimum atomic E-state index is -0.731. The average molecular weight is 375 g/mol. The summed E-state index contributed by atoms with van der Waals surface area (Å²) in [6, 6.07) is 7.50. The molecule has 2 aromatic rings. The molecule has 25 heavy (non-hydrogen) atoms. The fourth-order valence-electron chi connectivity index (χ4n) is 3.35. The first-order valence-corrected chi connectivity index (χ1v) is 9.88. The fraction of sp³-hybridized carbons (Fsp3) is 0.353. The van der Waals surface area contributed by atoms with Crippen LogP contribution in [-0.4, -0.2) is 45.8 Å². The number of rotatable bonds is 5. The smallest absolute Gasteiger partial charge is 0.278 e. The summed E-state index contributed by atoms with van der Waals surface area (Å²) in [5, 5.41) is 3.92. The Labute approximate surface area is 153 Å². The molecule has 0 aliphatic carbocycles. The molecule has 0 aromatic carbocycles. The molecular weight excluding hydrogens is 358 g/mol. The fourth-order valence-corrected chi connectivity index (χ4v) is 4.94. The summed E-state index contributed by atoms with van der Waals surface area (Å²) in [5.41, 5.74) is 0. The van der Waals surface area contributed by atoms with Crippen molar-refractivity contribution in [3.63, 3.8) is 0 Å². The molecule has 130 valence electrons. The summed E-state index contributed by atoms with van der Waals surface area (Å²) < 4.78 is 0. The molecule has 6 nitrogen and oxygen atoms in total. The van der Waals surface area contributed by atoms with Crippen LogP contribution >= 0.6 is 22.7 Å². The normalized spacial score (nSPS) is 21.8. The number of amides is 4. The lowest BCUT2D eigenvalue weighted by molar-refractivity contribution is -0.144. The molecule has 4 rings (SSSR count). The highest BCUT2D eigenvalue weighted by Gasteiger charge is 2.46. The number of nitrogens with zero attached hydrogens (tertiary/aromatic N) is 3. The van der Waals surface area contributed by atoms with Crippen molar-refractivity contribution in [1.29, 1.82) is 0 Å². The van der Waals surface area contributed by atoms with Gasteiger partial charge in [0.05, 0.1) is 13.2 Å². The Morgan fingerprint density at radius 3 is 2.48 bits per heavy atom. The van der Waals surface area contributed by atoms with Crippen molar-refractivity contribution in [3.8, 4) is 0 Å². The van der Waals surface area contributed by atoms with E-state index in [1.807, 2.05) is 29.0 Å². The van der Waals surface area contributed by atoms with Gasteiger partial charge in [0.2, 0.25) is 0 Å². The Morgan fingerprint density at radius 1 is 1.00 bits per heavy atom. The number of urea groups is 1. The van der Waals surface area contributed by atoms with Gasteiger partial charge in [-0.25, -0.2) is 9.69 Å². The van der Waals surface area contributed by atoms with Gasteiger partial charge in [-0.05, 0) is 35.7 Å². The lowest BCUT2D eigenvalue weighted by Crippen LogP contribution is -2.41. The van der Waals surface area contributed by atoms with Gasteiger partial charge in [0.15, 0.2) is 0 Å². The van der Waals surface area contributed by atoms with Gasteiger partial charge in [-0.1, -0.05) is 12.1 Å². The molecule has 2 fully saturated rings. The lowest BCUT2D eigenvalue weighted by Gasteiger charge is -2.27. The van der Waals surface area contributed by atoms with E-state index in [-0.39, 0.29) is 19.3 Å². The van der Waals surface area contributed by atoms with E-state index >= 15 is 0 Å². The second-order valence-corrected chi connectivity index (χ2v) is 8.13. The number of likely N-dealkylation sites (tertiary alicyclic amines) is 1. The molecule has 0 N–H and O–H groups in total. The summed E-state index contributed by atoms with van der Waals surface area (Å²) >= 11 is 3.14. The molecule has 0 spiro atoms. The van der Waals surface area contributed by atoms with Crippen LogP contribution in [0.1, 0.15) is 28.6 Å². The summed E-state index contributed by atoms with van der Waals surface area (Å²) in [5.74, 6) is -1.45. The standard InChI is InChI=1S/C17H17N3O3S2/c21-15-16(22)20(17(23)19(15)10-12-4-2-8-24-12)11-18-7-1-5-13(18)14-6-3-9-25-14/h2-4,6,8-9,13H,1,5,7,10-11H2. The SMILES string of the molecule is O=C1C(=O)N(CN2CCCC2c2cccs2)C(=O)N1Cc1cccs1. The van der Waals surface area contributed by atoms with Crippen LogP contribution < -0.4 is 0 Å². The van der Waals surface area contributed by atoms with Crippen LogP contribution in [-0.2, 0) is 16.1 Å². The zero-order valence-corrected chi connectivity index (χ0v) is 15.1. The molecule has 2 saturated heterocycles. The molecule has 2 aromatic heterocycles. The first-order valence-electron chi connectivity index (χ1n) is 8.12. The lowest BCUT2D eigenvalue weighted by atomic mass is 10.2. The van der Waals surface area contributed by atoms with Crippen LogP contribution in [0.5, 0.6) is 0 Å². The Bertz CT molecular complexity index is 788. The third-order valence-corrected chi connectivity index (χ3v) is 6.42. The Kier molecular flexibility index (Phi) is 4.41. The van der Waals surface area contributed by atoms with Crippen molar-refractivity contribution in [2.24, 2.45) is 0 Å². The largest absolute Gasteiger partial charge is 0.335 e. The number of thiophene rings is 2. The van der Waals surface area contributed by atoms with Crippen molar-refractivity contribution in [2.75, 3.05) is 13.2 Å². The Balaban J connectivity index is 1.49. The number of hydrogen-bond donors (Lipinski definition) is 0. The van der Waals surface area contributed by atoms with Crippen molar-refractivity contribution >= 4 is 40.5 Å². The van der Waals surface area contributed by atoms with Crippen LogP contribution in [0, 0.1) is 0 Å². The van der Waals surface area contributed by atoms with Gasteiger partial charge in [-0.15, -0.1) is 22.7 Å². The average Bonchev–Trinajstić information content (AvgIpc) is 3.38. The maximum atomic E-state index is 12.6. The quantitative estimate of drug-likeness (QED) is 0.596. The highest BCUT2D eigenvalue weighted by molar-refractivity contribution is 7.10. The molecule has 1 atom stereocenters. The number of hydrogen-bond acceptors (Lipinski definition) is 6. The van der Waals surface area contributed by atoms with Gasteiger partial charge in [0.1, 0.15) is 0 Å². The third-order valence-electron chi connectivity index (χ3n) is 4.59.